The molecule has 0 saturated heterocycles. The second-order valence-electron chi connectivity index (χ2n) is 4.04. The molecule has 5 nitrogen and oxygen atoms in total. The van der Waals surface area contributed by atoms with Crippen molar-refractivity contribution in [3.63, 3.8) is 0 Å². The Bertz CT molecular complexity index is 530. The number of carbonyl (C=O) groups excluding carboxylic acids is 1. The van der Waals surface area contributed by atoms with Crippen molar-refractivity contribution in [2.24, 2.45) is 0 Å². The third kappa shape index (κ3) is 5.11. The Kier molecular flexibility index (Phi) is 6.45. The van der Waals surface area contributed by atoms with Crippen LogP contribution in [0.1, 0.15) is 12.5 Å². The van der Waals surface area contributed by atoms with Crippen LogP contribution in [0, 0.1) is 0 Å². The van der Waals surface area contributed by atoms with E-state index in [0.29, 0.717) is 15.6 Å². The summed E-state index contributed by atoms with van der Waals surface area (Å²) in [6.07, 6.45) is 0. The molecular weight excluding hydrogens is 325 g/mol. The molecule has 0 spiro atoms. The number of nitrogens with one attached hydrogen (secondary N) is 1. The van der Waals surface area contributed by atoms with Gasteiger partial charge in [-0.05, 0) is 12.1 Å². The topological polar surface area (TPSA) is 83.5 Å². The van der Waals surface area contributed by atoms with Crippen LogP contribution < -0.4 is 5.32 Å². The molecule has 2 unspecified atom stereocenters. The molecule has 0 aromatic heterocycles. The molecule has 20 heavy (non-hydrogen) atoms. The minimum Gasteiger partial charge on any atom is -0.480 e. The van der Waals surface area contributed by atoms with Crippen molar-refractivity contribution in [1.82, 2.24) is 5.32 Å². The van der Waals surface area contributed by atoms with Gasteiger partial charge in [0.1, 0.15) is 6.04 Å². The van der Waals surface area contributed by atoms with Gasteiger partial charge in [0.15, 0.2) is 0 Å². The van der Waals surface area contributed by atoms with E-state index >= 15 is 0 Å². The van der Waals surface area contributed by atoms with Crippen LogP contribution in [-0.4, -0.2) is 33.0 Å². The van der Waals surface area contributed by atoms with Crippen molar-refractivity contribution in [1.29, 1.82) is 0 Å². The zero-order valence-electron chi connectivity index (χ0n) is 10.6. The Hall–Kier alpha value is -1.11. The van der Waals surface area contributed by atoms with Crippen molar-refractivity contribution in [2.45, 2.75) is 18.7 Å². The molecule has 1 aromatic carbocycles. The molecule has 0 bridgehead atoms. The second kappa shape index (κ2) is 7.61. The third-order valence-corrected chi connectivity index (χ3v) is 4.42. The van der Waals surface area contributed by atoms with Crippen LogP contribution in [0.4, 0.5) is 0 Å². The van der Waals surface area contributed by atoms with Crippen LogP contribution in [0.5, 0.6) is 0 Å². The Morgan fingerprint density at radius 2 is 1.90 bits per heavy atom. The standard InChI is InChI=1S/C12H13Cl2NO4S/c1-7(16)15-11(12(17)18)6-20(19)5-8-9(13)3-2-4-10(8)14/h2-4,11H,5-6H2,1H3,(H,15,16)(H,17,18). The molecule has 0 saturated carbocycles. The molecule has 2 N–H and O–H groups in total. The van der Waals surface area contributed by atoms with Gasteiger partial charge in [0, 0.05) is 33.3 Å². The summed E-state index contributed by atoms with van der Waals surface area (Å²) < 4.78 is 12.0. The molecule has 0 heterocycles. The normalized spacial score (nSPS) is 13.6. The van der Waals surface area contributed by atoms with E-state index in [2.05, 4.69) is 5.32 Å². The predicted octanol–water partition coefficient (Wildman–Crippen LogP) is 1.83. The molecule has 0 fully saturated rings. The summed E-state index contributed by atoms with van der Waals surface area (Å²) in [6.45, 7) is 1.20. The molecule has 1 aromatic rings. The lowest BCUT2D eigenvalue weighted by molar-refractivity contribution is -0.140. The largest absolute Gasteiger partial charge is 0.480 e. The number of amides is 1. The van der Waals surface area contributed by atoms with Gasteiger partial charge in [-0.25, -0.2) is 4.79 Å². The fourth-order valence-electron chi connectivity index (χ4n) is 1.50. The van der Waals surface area contributed by atoms with Crippen molar-refractivity contribution in [2.75, 3.05) is 5.75 Å². The molecule has 2 atom stereocenters. The summed E-state index contributed by atoms with van der Waals surface area (Å²) in [5.41, 5.74) is 0.501. The van der Waals surface area contributed by atoms with Crippen LogP contribution in [0.3, 0.4) is 0 Å². The van der Waals surface area contributed by atoms with E-state index in [9.17, 15) is 13.8 Å². The highest BCUT2D eigenvalue weighted by Gasteiger charge is 2.22. The number of carboxylic acids is 1. The van der Waals surface area contributed by atoms with Crippen LogP contribution in [0.25, 0.3) is 0 Å². The van der Waals surface area contributed by atoms with Crippen molar-refractivity contribution in [3.8, 4) is 0 Å². The summed E-state index contributed by atoms with van der Waals surface area (Å²) in [5, 5.41) is 11.9. The lowest BCUT2D eigenvalue weighted by Gasteiger charge is -2.13. The molecule has 0 aliphatic carbocycles. The summed E-state index contributed by atoms with van der Waals surface area (Å²) in [5.74, 6) is -1.91. The number of hydrogen-bond donors (Lipinski definition) is 2. The Balaban J connectivity index is 2.76. The molecular formula is C12H13Cl2NO4S. The van der Waals surface area contributed by atoms with Gasteiger partial charge in [-0.1, -0.05) is 29.3 Å². The van der Waals surface area contributed by atoms with Crippen molar-refractivity contribution >= 4 is 45.9 Å². The summed E-state index contributed by atoms with van der Waals surface area (Å²) >= 11 is 11.9. The first-order valence-corrected chi connectivity index (χ1v) is 7.83. The Labute approximate surface area is 128 Å². The second-order valence-corrected chi connectivity index (χ2v) is 6.36. The van der Waals surface area contributed by atoms with E-state index in [1.807, 2.05) is 0 Å². The van der Waals surface area contributed by atoms with Gasteiger partial charge in [-0.2, -0.15) is 0 Å². The molecule has 8 heteroatoms. The average molecular weight is 338 g/mol. The zero-order valence-corrected chi connectivity index (χ0v) is 12.9. The van der Waals surface area contributed by atoms with Crippen molar-refractivity contribution in [3.05, 3.63) is 33.8 Å². The maximum Gasteiger partial charge on any atom is 0.327 e. The van der Waals surface area contributed by atoms with Gasteiger partial charge < -0.3 is 10.4 Å². The van der Waals surface area contributed by atoms with Gasteiger partial charge in [-0.15, -0.1) is 0 Å². The van der Waals surface area contributed by atoms with Crippen LogP contribution >= 0.6 is 23.2 Å². The van der Waals surface area contributed by atoms with E-state index in [-0.39, 0.29) is 11.5 Å². The van der Waals surface area contributed by atoms with Gasteiger partial charge in [0.25, 0.3) is 0 Å². The summed E-state index contributed by atoms with van der Waals surface area (Å²) in [4.78, 5) is 21.8. The van der Waals surface area contributed by atoms with Crippen LogP contribution in [-0.2, 0) is 26.1 Å². The number of benzene rings is 1. The SMILES string of the molecule is CC(=O)NC(CS(=O)Cc1c(Cl)cccc1Cl)C(=O)O. The number of carbonyl (C=O) groups is 2. The van der Waals surface area contributed by atoms with E-state index in [4.69, 9.17) is 28.3 Å². The lowest BCUT2D eigenvalue weighted by Crippen LogP contribution is -2.43. The van der Waals surface area contributed by atoms with Crippen molar-refractivity contribution < 1.29 is 18.9 Å². The van der Waals surface area contributed by atoms with E-state index < -0.39 is 28.7 Å². The highest BCUT2D eigenvalue weighted by Crippen LogP contribution is 2.25. The van der Waals surface area contributed by atoms with Gasteiger partial charge >= 0.3 is 5.97 Å². The zero-order chi connectivity index (χ0) is 15.3. The molecule has 1 rings (SSSR count). The van der Waals surface area contributed by atoms with Crippen LogP contribution in [0.15, 0.2) is 18.2 Å². The minimum atomic E-state index is -1.52. The first kappa shape index (κ1) is 16.9. The average Bonchev–Trinajstić information content (AvgIpc) is 2.32. The van der Waals surface area contributed by atoms with Gasteiger partial charge in [0.2, 0.25) is 5.91 Å². The first-order chi connectivity index (χ1) is 9.31. The highest BCUT2D eigenvalue weighted by molar-refractivity contribution is 7.84. The quantitative estimate of drug-likeness (QED) is 0.829. The third-order valence-electron chi connectivity index (χ3n) is 2.40. The summed E-state index contributed by atoms with van der Waals surface area (Å²) in [6, 6.07) is 3.69. The number of halogens is 2. The van der Waals surface area contributed by atoms with Gasteiger partial charge in [-0.3, -0.25) is 9.00 Å². The maximum atomic E-state index is 12.0. The van der Waals surface area contributed by atoms with E-state index in [1.165, 1.54) is 6.92 Å². The molecule has 0 aliphatic rings. The van der Waals surface area contributed by atoms with Crippen LogP contribution in [0.2, 0.25) is 10.0 Å². The molecule has 0 aliphatic heterocycles. The summed E-state index contributed by atoms with van der Waals surface area (Å²) in [7, 11) is -1.52. The Morgan fingerprint density at radius 3 is 2.35 bits per heavy atom. The number of aliphatic carboxylic acids is 1. The molecule has 1 amide bonds. The van der Waals surface area contributed by atoms with E-state index in [0.717, 1.165) is 0 Å². The predicted molar refractivity (Wildman–Crippen MR) is 78.4 cm³/mol. The minimum absolute atomic E-state index is 0.0296. The monoisotopic (exact) mass is 337 g/mol. The maximum absolute atomic E-state index is 12.0. The number of carboxylic acid groups (broad SMARTS) is 1. The first-order valence-electron chi connectivity index (χ1n) is 5.59. The number of hydrogen-bond acceptors (Lipinski definition) is 3. The fraction of sp³-hybridized carbons (Fsp3) is 0.333. The lowest BCUT2D eigenvalue weighted by atomic mass is 10.2. The Morgan fingerprint density at radius 1 is 1.35 bits per heavy atom. The molecule has 0 radical (unpaired) electrons. The number of rotatable bonds is 6. The smallest absolute Gasteiger partial charge is 0.327 e. The van der Waals surface area contributed by atoms with E-state index in [1.54, 1.807) is 18.2 Å². The fourth-order valence-corrected chi connectivity index (χ4v) is 3.53. The highest BCUT2D eigenvalue weighted by atomic mass is 35.5. The molecule has 110 valence electrons. The van der Waals surface area contributed by atoms with Gasteiger partial charge in [0.05, 0.1) is 11.5 Å².